The summed E-state index contributed by atoms with van der Waals surface area (Å²) in [6.45, 7) is 6.00. The van der Waals surface area contributed by atoms with Crippen molar-refractivity contribution in [3.05, 3.63) is 46.8 Å². The Labute approximate surface area is 175 Å². The summed E-state index contributed by atoms with van der Waals surface area (Å²) in [7, 11) is -3.52. The Hall–Kier alpha value is -1.45. The van der Waals surface area contributed by atoms with Crippen molar-refractivity contribution in [1.82, 2.24) is 9.21 Å². The molecule has 0 bridgehead atoms. The minimum atomic E-state index is -3.52. The zero-order valence-electron chi connectivity index (χ0n) is 15.9. The van der Waals surface area contributed by atoms with E-state index >= 15 is 0 Å². The lowest BCUT2D eigenvalue weighted by molar-refractivity contribution is -0.120. The summed E-state index contributed by atoms with van der Waals surface area (Å²) in [5, 5.41) is 0. The van der Waals surface area contributed by atoms with Crippen LogP contribution in [0.1, 0.15) is 13.8 Å². The van der Waals surface area contributed by atoms with Gasteiger partial charge in [-0.15, -0.1) is 11.3 Å². The van der Waals surface area contributed by atoms with Gasteiger partial charge in [0.05, 0.1) is 10.9 Å². The Morgan fingerprint density at radius 3 is 2.29 bits per heavy atom. The molecule has 152 valence electrons. The van der Waals surface area contributed by atoms with Crippen LogP contribution in [0, 0.1) is 0 Å². The van der Waals surface area contributed by atoms with E-state index in [0.29, 0.717) is 30.5 Å². The first-order valence-corrected chi connectivity index (χ1v) is 11.8. The van der Waals surface area contributed by atoms with E-state index in [1.54, 1.807) is 17.0 Å². The zero-order chi connectivity index (χ0) is 20.3. The summed E-state index contributed by atoms with van der Waals surface area (Å²) in [6, 6.07) is 12.8. The van der Waals surface area contributed by atoms with E-state index in [4.69, 9.17) is 11.6 Å². The maximum atomic E-state index is 12.9. The molecular formula is C19H24ClN3O3S2. The monoisotopic (exact) mass is 441 g/mol. The highest BCUT2D eigenvalue weighted by Gasteiger charge is 2.31. The number of benzene rings is 1. The molecule has 0 spiro atoms. The van der Waals surface area contributed by atoms with E-state index in [1.807, 2.05) is 49.1 Å². The number of rotatable bonds is 6. The van der Waals surface area contributed by atoms with Gasteiger partial charge in [0.25, 0.3) is 10.0 Å². The third-order valence-corrected chi connectivity index (χ3v) is 8.25. The first kappa shape index (κ1) is 21.3. The number of hydrogen-bond donors (Lipinski definition) is 0. The molecule has 1 saturated heterocycles. The minimum Gasteiger partial charge on any atom is -0.309 e. The normalized spacial score (nSPS) is 16.4. The number of carbonyl (C=O) groups excluding carboxylic acids is 1. The summed E-state index contributed by atoms with van der Waals surface area (Å²) in [5.74, 6) is 0.0162. The molecule has 9 heteroatoms. The second-order valence-electron chi connectivity index (χ2n) is 6.93. The van der Waals surface area contributed by atoms with Crippen molar-refractivity contribution in [2.24, 2.45) is 0 Å². The molecule has 0 atom stereocenters. The molecule has 0 aliphatic carbocycles. The average Bonchev–Trinajstić information content (AvgIpc) is 3.10. The standard InChI is InChI=1S/C19H24ClN3O3S2/c1-15(2)23(16-6-4-3-5-7-16)18(24)14-21-10-12-22(13-11-21)28(25,26)19-9-8-17(20)27-19/h3-9,15H,10-14H2,1-2H3. The van der Waals surface area contributed by atoms with Crippen LogP contribution in [0.5, 0.6) is 0 Å². The van der Waals surface area contributed by atoms with Gasteiger partial charge in [0.15, 0.2) is 0 Å². The summed E-state index contributed by atoms with van der Waals surface area (Å²) in [6.07, 6.45) is 0. The van der Waals surface area contributed by atoms with E-state index in [-0.39, 0.29) is 22.7 Å². The van der Waals surface area contributed by atoms with Crippen LogP contribution in [0.4, 0.5) is 5.69 Å². The fourth-order valence-electron chi connectivity index (χ4n) is 3.28. The lowest BCUT2D eigenvalue weighted by Crippen LogP contribution is -2.52. The van der Waals surface area contributed by atoms with Crippen LogP contribution in [-0.4, -0.2) is 62.3 Å². The number of halogens is 1. The van der Waals surface area contributed by atoms with Gasteiger partial charge in [-0.1, -0.05) is 29.8 Å². The second-order valence-corrected chi connectivity index (χ2v) is 10.8. The van der Waals surface area contributed by atoms with Crippen LogP contribution in [0.15, 0.2) is 46.7 Å². The fraction of sp³-hybridized carbons (Fsp3) is 0.421. The molecule has 28 heavy (non-hydrogen) atoms. The van der Waals surface area contributed by atoms with Crippen molar-refractivity contribution in [2.45, 2.75) is 24.1 Å². The molecule has 3 rings (SSSR count). The molecule has 1 aromatic carbocycles. The molecule has 0 radical (unpaired) electrons. The summed E-state index contributed by atoms with van der Waals surface area (Å²) >= 11 is 6.94. The van der Waals surface area contributed by atoms with Crippen LogP contribution in [0.2, 0.25) is 4.34 Å². The highest BCUT2D eigenvalue weighted by Crippen LogP contribution is 2.28. The topological polar surface area (TPSA) is 60.9 Å². The molecule has 6 nitrogen and oxygen atoms in total. The Morgan fingerprint density at radius 1 is 1.11 bits per heavy atom. The smallest absolute Gasteiger partial charge is 0.252 e. The van der Waals surface area contributed by atoms with Gasteiger partial charge in [-0.2, -0.15) is 4.31 Å². The summed E-state index contributed by atoms with van der Waals surface area (Å²) in [5.41, 5.74) is 0.873. The van der Waals surface area contributed by atoms with E-state index in [2.05, 4.69) is 0 Å². The Kier molecular flexibility index (Phi) is 6.77. The third kappa shape index (κ3) is 4.75. The first-order chi connectivity index (χ1) is 13.3. The van der Waals surface area contributed by atoms with Crippen LogP contribution in [-0.2, 0) is 14.8 Å². The number of sulfonamides is 1. The van der Waals surface area contributed by atoms with Crippen LogP contribution in [0.25, 0.3) is 0 Å². The lowest BCUT2D eigenvalue weighted by Gasteiger charge is -2.35. The van der Waals surface area contributed by atoms with Crippen LogP contribution in [0.3, 0.4) is 0 Å². The number of hydrogen-bond acceptors (Lipinski definition) is 5. The highest BCUT2D eigenvalue weighted by molar-refractivity contribution is 7.91. The second kappa shape index (κ2) is 8.92. The number of piperazine rings is 1. The number of para-hydroxylation sites is 1. The van der Waals surface area contributed by atoms with Crippen LogP contribution >= 0.6 is 22.9 Å². The summed E-state index contributed by atoms with van der Waals surface area (Å²) < 4.78 is 27.6. The third-order valence-electron chi connectivity index (χ3n) is 4.65. The molecular weight excluding hydrogens is 418 g/mol. The van der Waals surface area contributed by atoms with Gasteiger partial charge in [-0.25, -0.2) is 8.42 Å². The van der Waals surface area contributed by atoms with Crippen molar-refractivity contribution in [3.63, 3.8) is 0 Å². The van der Waals surface area contributed by atoms with Crippen molar-refractivity contribution in [2.75, 3.05) is 37.6 Å². The van der Waals surface area contributed by atoms with Gasteiger partial charge in [-0.05, 0) is 38.1 Å². The van der Waals surface area contributed by atoms with E-state index in [9.17, 15) is 13.2 Å². The zero-order valence-corrected chi connectivity index (χ0v) is 18.3. The molecule has 1 aliphatic heterocycles. The van der Waals surface area contributed by atoms with E-state index in [1.165, 1.54) is 4.31 Å². The molecule has 1 aliphatic rings. The Balaban J connectivity index is 1.61. The Bertz CT molecular complexity index is 908. The van der Waals surface area contributed by atoms with Gasteiger partial charge in [0.2, 0.25) is 5.91 Å². The predicted molar refractivity (Wildman–Crippen MR) is 114 cm³/mol. The van der Waals surface area contributed by atoms with Gasteiger partial charge in [0.1, 0.15) is 4.21 Å². The predicted octanol–water partition coefficient (Wildman–Crippen LogP) is 3.15. The molecule has 2 aromatic rings. The highest BCUT2D eigenvalue weighted by atomic mass is 35.5. The van der Waals surface area contributed by atoms with E-state index < -0.39 is 10.0 Å². The molecule has 2 heterocycles. The Morgan fingerprint density at radius 2 is 1.75 bits per heavy atom. The van der Waals surface area contributed by atoms with Crippen molar-refractivity contribution < 1.29 is 13.2 Å². The van der Waals surface area contributed by atoms with Gasteiger partial charge < -0.3 is 4.90 Å². The van der Waals surface area contributed by atoms with Gasteiger partial charge in [-0.3, -0.25) is 9.69 Å². The number of anilines is 1. The largest absolute Gasteiger partial charge is 0.309 e. The van der Waals surface area contributed by atoms with Gasteiger partial charge in [0, 0.05) is 37.9 Å². The van der Waals surface area contributed by atoms with Crippen LogP contribution < -0.4 is 4.90 Å². The maximum absolute atomic E-state index is 12.9. The van der Waals surface area contributed by atoms with Gasteiger partial charge >= 0.3 is 0 Å². The van der Waals surface area contributed by atoms with E-state index in [0.717, 1.165) is 17.0 Å². The number of nitrogens with zero attached hydrogens (tertiary/aromatic N) is 3. The molecule has 0 saturated carbocycles. The molecule has 1 amide bonds. The molecule has 0 unspecified atom stereocenters. The number of amides is 1. The molecule has 1 aromatic heterocycles. The maximum Gasteiger partial charge on any atom is 0.252 e. The minimum absolute atomic E-state index is 0.0162. The first-order valence-electron chi connectivity index (χ1n) is 9.14. The van der Waals surface area contributed by atoms with Crippen molar-refractivity contribution >= 4 is 44.6 Å². The summed E-state index contributed by atoms with van der Waals surface area (Å²) in [4.78, 5) is 16.7. The fourth-order valence-corrected chi connectivity index (χ4v) is 6.34. The van der Waals surface area contributed by atoms with Crippen molar-refractivity contribution in [1.29, 1.82) is 0 Å². The molecule has 1 fully saturated rings. The lowest BCUT2D eigenvalue weighted by atomic mass is 10.2. The number of thiophene rings is 1. The average molecular weight is 442 g/mol. The number of carbonyl (C=O) groups is 1. The molecule has 0 N–H and O–H groups in total. The van der Waals surface area contributed by atoms with Crippen molar-refractivity contribution in [3.8, 4) is 0 Å². The SMILES string of the molecule is CC(C)N(C(=O)CN1CCN(S(=O)(=O)c2ccc(Cl)s2)CC1)c1ccccc1. The quantitative estimate of drug-likeness (QED) is 0.690.